The van der Waals surface area contributed by atoms with Gasteiger partial charge >= 0.3 is 0 Å². The van der Waals surface area contributed by atoms with Crippen LogP contribution >= 0.6 is 0 Å². The molecule has 1 N–H and O–H groups in total. The number of ether oxygens (including phenoxy) is 1. The Kier molecular flexibility index (Phi) is 5.49. The molecule has 0 bridgehead atoms. The first-order valence-corrected chi connectivity index (χ1v) is 6.03. The molecule has 0 aromatic rings. The molecule has 14 heavy (non-hydrogen) atoms. The van der Waals surface area contributed by atoms with Crippen LogP contribution in [0.25, 0.3) is 0 Å². The van der Waals surface area contributed by atoms with Gasteiger partial charge in [-0.2, -0.15) is 0 Å². The summed E-state index contributed by atoms with van der Waals surface area (Å²) in [5.74, 6) is 0.821. The molecule has 1 fully saturated rings. The van der Waals surface area contributed by atoms with Gasteiger partial charge in [-0.3, -0.25) is 0 Å². The minimum atomic E-state index is 0.483. The van der Waals surface area contributed by atoms with Crippen molar-refractivity contribution in [1.82, 2.24) is 5.32 Å². The van der Waals surface area contributed by atoms with E-state index >= 15 is 0 Å². The van der Waals surface area contributed by atoms with Crippen molar-refractivity contribution >= 4 is 0 Å². The lowest BCUT2D eigenvalue weighted by Gasteiger charge is -2.17. The van der Waals surface area contributed by atoms with Crippen LogP contribution in [-0.2, 0) is 4.74 Å². The Morgan fingerprint density at radius 3 is 2.64 bits per heavy atom. The van der Waals surface area contributed by atoms with Gasteiger partial charge in [-0.15, -0.1) is 0 Å². The summed E-state index contributed by atoms with van der Waals surface area (Å²) in [6.45, 7) is 8.85. The number of nitrogens with one attached hydrogen (secondary N) is 1. The van der Waals surface area contributed by atoms with Crippen LogP contribution in [0.3, 0.4) is 0 Å². The second kappa shape index (κ2) is 6.41. The SMILES string of the molecule is CC(C)CC[C@H](C)NC[C@@H]1CCCO1. The normalized spacial score (nSPS) is 24.4. The van der Waals surface area contributed by atoms with Gasteiger partial charge in [-0.05, 0) is 38.5 Å². The summed E-state index contributed by atoms with van der Waals surface area (Å²) in [7, 11) is 0. The molecule has 2 nitrogen and oxygen atoms in total. The van der Waals surface area contributed by atoms with Gasteiger partial charge in [0.1, 0.15) is 0 Å². The Hall–Kier alpha value is -0.0800. The maximum atomic E-state index is 5.57. The fourth-order valence-corrected chi connectivity index (χ4v) is 1.82. The topological polar surface area (TPSA) is 21.3 Å². The summed E-state index contributed by atoms with van der Waals surface area (Å²) >= 11 is 0. The summed E-state index contributed by atoms with van der Waals surface area (Å²) in [6, 6.07) is 0.640. The average Bonchev–Trinajstić information content (AvgIpc) is 2.63. The molecule has 1 aliphatic rings. The zero-order valence-electron chi connectivity index (χ0n) is 9.88. The molecule has 0 amide bonds. The highest BCUT2D eigenvalue weighted by molar-refractivity contribution is 4.70. The van der Waals surface area contributed by atoms with Crippen molar-refractivity contribution in [2.24, 2.45) is 5.92 Å². The molecule has 0 radical (unpaired) electrons. The Morgan fingerprint density at radius 2 is 2.07 bits per heavy atom. The van der Waals surface area contributed by atoms with E-state index in [4.69, 9.17) is 4.74 Å². The van der Waals surface area contributed by atoms with Crippen LogP contribution in [-0.4, -0.2) is 25.3 Å². The predicted octanol–water partition coefficient (Wildman–Crippen LogP) is 2.58. The van der Waals surface area contributed by atoms with Crippen LogP contribution in [0.1, 0.15) is 46.5 Å². The van der Waals surface area contributed by atoms with E-state index in [1.807, 2.05) is 0 Å². The van der Waals surface area contributed by atoms with Crippen molar-refractivity contribution in [2.45, 2.75) is 58.6 Å². The van der Waals surface area contributed by atoms with E-state index in [2.05, 4.69) is 26.1 Å². The third-order valence-electron chi connectivity index (χ3n) is 2.90. The first kappa shape index (κ1) is 12.0. The summed E-state index contributed by atoms with van der Waals surface area (Å²) in [6.07, 6.45) is 5.57. The van der Waals surface area contributed by atoms with Crippen LogP contribution in [0.5, 0.6) is 0 Å². The van der Waals surface area contributed by atoms with E-state index in [-0.39, 0.29) is 0 Å². The van der Waals surface area contributed by atoms with Crippen molar-refractivity contribution in [3.8, 4) is 0 Å². The lowest BCUT2D eigenvalue weighted by atomic mass is 10.0. The monoisotopic (exact) mass is 199 g/mol. The molecule has 2 heteroatoms. The Morgan fingerprint density at radius 1 is 1.29 bits per heavy atom. The standard InChI is InChI=1S/C12H25NO/c1-10(2)6-7-11(3)13-9-12-5-4-8-14-12/h10-13H,4-9H2,1-3H3/t11-,12-/m0/s1. The van der Waals surface area contributed by atoms with Gasteiger partial charge in [0, 0.05) is 19.2 Å². The van der Waals surface area contributed by atoms with Crippen molar-refractivity contribution in [2.75, 3.05) is 13.2 Å². The molecular weight excluding hydrogens is 174 g/mol. The third-order valence-corrected chi connectivity index (χ3v) is 2.90. The van der Waals surface area contributed by atoms with Gasteiger partial charge in [0.2, 0.25) is 0 Å². The van der Waals surface area contributed by atoms with E-state index in [9.17, 15) is 0 Å². The number of hydrogen-bond acceptors (Lipinski definition) is 2. The van der Waals surface area contributed by atoms with E-state index < -0.39 is 0 Å². The first-order valence-electron chi connectivity index (χ1n) is 6.03. The average molecular weight is 199 g/mol. The smallest absolute Gasteiger partial charge is 0.0700 e. The molecule has 0 aromatic carbocycles. The van der Waals surface area contributed by atoms with Crippen molar-refractivity contribution in [1.29, 1.82) is 0 Å². The summed E-state index contributed by atoms with van der Waals surface area (Å²) < 4.78 is 5.57. The van der Waals surface area contributed by atoms with E-state index in [1.54, 1.807) is 0 Å². The van der Waals surface area contributed by atoms with Gasteiger partial charge in [-0.25, -0.2) is 0 Å². The van der Waals surface area contributed by atoms with E-state index in [1.165, 1.54) is 25.7 Å². The lowest BCUT2D eigenvalue weighted by Crippen LogP contribution is -2.33. The van der Waals surface area contributed by atoms with Crippen molar-refractivity contribution in [3.05, 3.63) is 0 Å². The van der Waals surface area contributed by atoms with Gasteiger partial charge in [0.05, 0.1) is 6.10 Å². The van der Waals surface area contributed by atoms with Crippen LogP contribution in [0.15, 0.2) is 0 Å². The molecular formula is C12H25NO. The molecule has 0 aliphatic carbocycles. The highest BCUT2D eigenvalue weighted by Gasteiger charge is 2.15. The van der Waals surface area contributed by atoms with E-state index in [0.29, 0.717) is 12.1 Å². The first-order chi connectivity index (χ1) is 6.68. The minimum absolute atomic E-state index is 0.483. The second-order valence-electron chi connectivity index (χ2n) is 4.92. The van der Waals surface area contributed by atoms with E-state index in [0.717, 1.165) is 19.1 Å². The van der Waals surface area contributed by atoms with Gasteiger partial charge in [0.15, 0.2) is 0 Å². The molecule has 0 aromatic heterocycles. The van der Waals surface area contributed by atoms with Crippen LogP contribution in [0.2, 0.25) is 0 Å². The van der Waals surface area contributed by atoms with Crippen LogP contribution in [0, 0.1) is 5.92 Å². The third kappa shape index (κ3) is 4.97. The molecule has 0 spiro atoms. The van der Waals surface area contributed by atoms with Gasteiger partial charge in [0.25, 0.3) is 0 Å². The summed E-state index contributed by atoms with van der Waals surface area (Å²) in [5, 5.41) is 3.55. The van der Waals surface area contributed by atoms with Crippen LogP contribution < -0.4 is 5.32 Å². The van der Waals surface area contributed by atoms with Gasteiger partial charge in [-0.1, -0.05) is 13.8 Å². The zero-order chi connectivity index (χ0) is 10.4. The fourth-order valence-electron chi connectivity index (χ4n) is 1.82. The van der Waals surface area contributed by atoms with Gasteiger partial charge < -0.3 is 10.1 Å². The highest BCUT2D eigenvalue weighted by atomic mass is 16.5. The number of hydrogen-bond donors (Lipinski definition) is 1. The van der Waals surface area contributed by atoms with Crippen molar-refractivity contribution < 1.29 is 4.74 Å². The van der Waals surface area contributed by atoms with Crippen LogP contribution in [0.4, 0.5) is 0 Å². The molecule has 0 saturated carbocycles. The molecule has 1 rings (SSSR count). The molecule has 2 atom stereocenters. The Labute approximate surface area is 88.4 Å². The maximum absolute atomic E-state index is 5.57. The molecule has 84 valence electrons. The Bertz CT molecular complexity index is 141. The largest absolute Gasteiger partial charge is 0.377 e. The summed E-state index contributed by atoms with van der Waals surface area (Å²) in [4.78, 5) is 0. The molecule has 0 unspecified atom stereocenters. The Balaban J connectivity index is 1.99. The summed E-state index contributed by atoms with van der Waals surface area (Å²) in [5.41, 5.74) is 0. The quantitative estimate of drug-likeness (QED) is 0.710. The highest BCUT2D eigenvalue weighted by Crippen LogP contribution is 2.11. The fraction of sp³-hybridized carbons (Fsp3) is 1.00. The molecule has 1 saturated heterocycles. The zero-order valence-corrected chi connectivity index (χ0v) is 9.88. The maximum Gasteiger partial charge on any atom is 0.0700 e. The number of rotatable bonds is 6. The van der Waals surface area contributed by atoms with Crippen molar-refractivity contribution in [3.63, 3.8) is 0 Å². The lowest BCUT2D eigenvalue weighted by molar-refractivity contribution is 0.107. The molecule has 1 aliphatic heterocycles. The molecule has 1 heterocycles. The second-order valence-corrected chi connectivity index (χ2v) is 4.92. The minimum Gasteiger partial charge on any atom is -0.377 e. The predicted molar refractivity (Wildman–Crippen MR) is 60.5 cm³/mol.